The summed E-state index contributed by atoms with van der Waals surface area (Å²) in [6.45, 7) is 3.06. The van der Waals surface area contributed by atoms with Gasteiger partial charge < -0.3 is 29.4 Å². The molecule has 5 rings (SSSR count). The zero-order chi connectivity index (χ0) is 23.5. The van der Waals surface area contributed by atoms with Gasteiger partial charge in [-0.1, -0.05) is 12.1 Å². The maximum atomic E-state index is 13.4. The molecule has 3 aromatic rings. The molecule has 1 fully saturated rings. The van der Waals surface area contributed by atoms with Gasteiger partial charge >= 0.3 is 0 Å². The van der Waals surface area contributed by atoms with Gasteiger partial charge in [-0.3, -0.25) is 4.79 Å². The van der Waals surface area contributed by atoms with Gasteiger partial charge in [0, 0.05) is 36.7 Å². The molecule has 0 saturated carbocycles. The molecule has 1 atom stereocenters. The summed E-state index contributed by atoms with van der Waals surface area (Å²) in [7, 11) is 0. The molecule has 0 unspecified atom stereocenters. The number of hydrogen-bond donors (Lipinski definition) is 2. The number of aromatic amines is 1. The van der Waals surface area contributed by atoms with Gasteiger partial charge in [-0.25, -0.2) is 4.39 Å². The number of fused-ring (bicyclic) bond motifs is 2. The first kappa shape index (κ1) is 22.6. The number of aromatic nitrogens is 1. The van der Waals surface area contributed by atoms with Crippen molar-refractivity contribution in [3.05, 3.63) is 69.8 Å². The van der Waals surface area contributed by atoms with Crippen LogP contribution in [-0.2, 0) is 17.8 Å². The largest absolute Gasteiger partial charge is 0.486 e. The van der Waals surface area contributed by atoms with Crippen molar-refractivity contribution in [1.82, 2.24) is 15.2 Å². The maximum absolute atomic E-state index is 13.4. The van der Waals surface area contributed by atoms with Crippen LogP contribution in [0.4, 0.5) is 4.39 Å². The minimum absolute atomic E-state index is 0.128. The Morgan fingerprint density at radius 2 is 1.85 bits per heavy atom. The number of nitrogens with one attached hydrogen (secondary N) is 2. The van der Waals surface area contributed by atoms with Crippen LogP contribution in [0.25, 0.3) is 10.9 Å². The Kier molecular flexibility index (Phi) is 6.64. The second-order valence-electron chi connectivity index (χ2n) is 8.51. The lowest BCUT2D eigenvalue weighted by Gasteiger charge is -2.27. The molecule has 1 saturated heterocycles. The normalized spacial score (nSPS) is 17.0. The summed E-state index contributed by atoms with van der Waals surface area (Å²) in [5.41, 5.74) is 1.93. The number of nitrogens with zero attached hydrogens (tertiary/aromatic N) is 1. The minimum atomic E-state index is -0.296. The van der Waals surface area contributed by atoms with Crippen LogP contribution in [0.1, 0.15) is 24.0 Å². The molecule has 2 aliphatic heterocycles. The van der Waals surface area contributed by atoms with E-state index < -0.39 is 0 Å². The van der Waals surface area contributed by atoms with Gasteiger partial charge in [-0.05, 0) is 54.9 Å². The van der Waals surface area contributed by atoms with Crippen molar-refractivity contribution in [2.75, 3.05) is 26.4 Å². The molecule has 0 spiro atoms. The van der Waals surface area contributed by atoms with E-state index in [9.17, 15) is 9.18 Å². The summed E-state index contributed by atoms with van der Waals surface area (Å²) < 4.78 is 30.4. The minimum Gasteiger partial charge on any atom is -0.486 e. The highest BCUT2D eigenvalue weighted by Crippen LogP contribution is 2.33. The van der Waals surface area contributed by atoms with Gasteiger partial charge in [-0.2, -0.15) is 0 Å². The average molecular weight is 484 g/mol. The van der Waals surface area contributed by atoms with Crippen LogP contribution in [0.15, 0.2) is 47.3 Å². The predicted octanol–water partition coefficient (Wildman–Crippen LogP) is 3.49. The van der Waals surface area contributed by atoms with Crippen LogP contribution in [-0.4, -0.2) is 47.5 Å². The third kappa shape index (κ3) is 5.15. The fourth-order valence-corrected chi connectivity index (χ4v) is 4.45. The Morgan fingerprint density at radius 1 is 1.09 bits per heavy atom. The highest BCUT2D eigenvalue weighted by Gasteiger charge is 2.19. The molecule has 0 amide bonds. The molecule has 2 aromatic carbocycles. The van der Waals surface area contributed by atoms with Crippen molar-refractivity contribution in [3.8, 4) is 11.5 Å². The molecule has 0 aliphatic carbocycles. The van der Waals surface area contributed by atoms with E-state index in [4.69, 9.17) is 26.4 Å². The summed E-state index contributed by atoms with van der Waals surface area (Å²) in [4.78, 5) is 17.8. The Bertz CT molecular complexity index is 1240. The topological polar surface area (TPSA) is 75.8 Å². The first-order chi connectivity index (χ1) is 16.5. The van der Waals surface area contributed by atoms with Crippen LogP contribution in [0.2, 0.25) is 0 Å². The zero-order valence-corrected chi connectivity index (χ0v) is 19.5. The fourth-order valence-electron chi connectivity index (χ4n) is 4.24. The number of rotatable bonds is 6. The van der Waals surface area contributed by atoms with E-state index in [-0.39, 0.29) is 24.0 Å². The van der Waals surface area contributed by atoms with Crippen LogP contribution in [0.3, 0.4) is 0 Å². The van der Waals surface area contributed by atoms with E-state index in [0.29, 0.717) is 54.0 Å². The van der Waals surface area contributed by atoms with Crippen molar-refractivity contribution in [3.63, 3.8) is 0 Å². The van der Waals surface area contributed by atoms with Gasteiger partial charge in [0.05, 0.1) is 18.2 Å². The molecule has 9 heteroatoms. The molecule has 0 radical (unpaired) electrons. The van der Waals surface area contributed by atoms with E-state index in [1.807, 2.05) is 17.0 Å². The number of halogens is 1. The summed E-state index contributed by atoms with van der Waals surface area (Å²) in [6.07, 6.45) is 2.17. The highest BCUT2D eigenvalue weighted by molar-refractivity contribution is 7.80. The Morgan fingerprint density at radius 3 is 2.59 bits per heavy atom. The fraction of sp³-hybridized carbons (Fsp3) is 0.360. The summed E-state index contributed by atoms with van der Waals surface area (Å²) in [5, 5.41) is 4.65. The molecule has 0 bridgehead atoms. The Labute approximate surface area is 201 Å². The molecule has 34 heavy (non-hydrogen) atoms. The molecular weight excluding hydrogens is 457 g/mol. The van der Waals surface area contributed by atoms with Crippen LogP contribution < -0.4 is 20.3 Å². The first-order valence-corrected chi connectivity index (χ1v) is 11.8. The number of H-pyrrole nitrogens is 1. The quantitative estimate of drug-likeness (QED) is 0.520. The molecule has 1 aromatic heterocycles. The van der Waals surface area contributed by atoms with Crippen molar-refractivity contribution in [2.45, 2.75) is 32.0 Å². The number of thiocarbonyl (C=S) groups is 1. The van der Waals surface area contributed by atoms with Crippen molar-refractivity contribution < 1.29 is 18.6 Å². The average Bonchev–Trinajstić information content (AvgIpc) is 3.36. The second-order valence-corrected chi connectivity index (χ2v) is 8.90. The van der Waals surface area contributed by atoms with Crippen LogP contribution in [0, 0.1) is 5.82 Å². The molecule has 178 valence electrons. The standard InChI is InChI=1S/C25H26FN3O4S/c26-19-5-3-16(4-6-19)14-29(25(34)27-13-20-2-1-7-31-20)15-18-10-17-11-22-23(33-9-8-32-22)12-21(17)28-24(18)30/h3-6,10-12,20H,1-2,7-9,13-15H2,(H,27,34)(H,28,30)/t20-/m1/s1. The maximum Gasteiger partial charge on any atom is 0.253 e. The SMILES string of the molecule is O=c1[nH]c2cc3c(cc2cc1CN(Cc1ccc(F)cc1)C(=S)NC[C@H]1CCCO1)OCCO3. The van der Waals surface area contributed by atoms with Crippen LogP contribution in [0.5, 0.6) is 11.5 Å². The number of benzene rings is 2. The van der Waals surface area contributed by atoms with Crippen molar-refractivity contribution >= 4 is 28.2 Å². The molecule has 2 N–H and O–H groups in total. The van der Waals surface area contributed by atoms with Crippen molar-refractivity contribution in [2.24, 2.45) is 0 Å². The third-order valence-electron chi connectivity index (χ3n) is 6.02. The van der Waals surface area contributed by atoms with Gasteiger partial charge in [0.15, 0.2) is 16.6 Å². The van der Waals surface area contributed by atoms with Crippen molar-refractivity contribution in [1.29, 1.82) is 0 Å². The van der Waals surface area contributed by atoms with E-state index in [2.05, 4.69) is 10.3 Å². The Hall–Kier alpha value is -3.17. The van der Waals surface area contributed by atoms with E-state index in [1.54, 1.807) is 18.2 Å². The van der Waals surface area contributed by atoms with E-state index >= 15 is 0 Å². The van der Waals surface area contributed by atoms with Gasteiger partial charge in [0.1, 0.15) is 19.0 Å². The Balaban J connectivity index is 1.40. The lowest BCUT2D eigenvalue weighted by molar-refractivity contribution is 0.113. The van der Waals surface area contributed by atoms with E-state index in [0.717, 1.165) is 30.4 Å². The second kappa shape index (κ2) is 9.99. The molecule has 3 heterocycles. The summed E-state index contributed by atoms with van der Waals surface area (Å²) in [5.74, 6) is 0.989. The number of ether oxygens (including phenoxy) is 3. The monoisotopic (exact) mass is 483 g/mol. The van der Waals surface area contributed by atoms with E-state index in [1.165, 1.54) is 12.1 Å². The molecule has 7 nitrogen and oxygen atoms in total. The van der Waals surface area contributed by atoms with Crippen LogP contribution >= 0.6 is 12.2 Å². The molecular formula is C25H26FN3O4S. The predicted molar refractivity (Wildman–Crippen MR) is 131 cm³/mol. The lowest BCUT2D eigenvalue weighted by Crippen LogP contribution is -2.42. The molecule has 2 aliphatic rings. The first-order valence-electron chi connectivity index (χ1n) is 11.4. The smallest absolute Gasteiger partial charge is 0.253 e. The zero-order valence-electron chi connectivity index (χ0n) is 18.6. The lowest BCUT2D eigenvalue weighted by atomic mass is 10.1. The van der Waals surface area contributed by atoms with Gasteiger partial charge in [-0.15, -0.1) is 0 Å². The highest BCUT2D eigenvalue weighted by atomic mass is 32.1. The summed E-state index contributed by atoms with van der Waals surface area (Å²) >= 11 is 5.69. The van der Waals surface area contributed by atoms with Gasteiger partial charge in [0.25, 0.3) is 5.56 Å². The number of hydrogen-bond acceptors (Lipinski definition) is 5. The third-order valence-corrected chi connectivity index (χ3v) is 6.43. The van der Waals surface area contributed by atoms with Gasteiger partial charge in [0.2, 0.25) is 0 Å². The number of pyridine rings is 1. The summed E-state index contributed by atoms with van der Waals surface area (Å²) in [6, 6.07) is 11.8.